The third kappa shape index (κ3) is 1.51. The van der Waals surface area contributed by atoms with E-state index in [0.717, 1.165) is 0 Å². The quantitative estimate of drug-likeness (QED) is 0.785. The predicted molar refractivity (Wildman–Crippen MR) is 58.2 cm³/mol. The number of hydrogen-bond donors (Lipinski definition) is 1. The highest BCUT2D eigenvalue weighted by atomic mass is 79.9. The van der Waals surface area contributed by atoms with Gasteiger partial charge in [-0.2, -0.15) is 0 Å². The highest BCUT2D eigenvalue weighted by molar-refractivity contribution is 9.10. The first-order valence-corrected chi connectivity index (χ1v) is 5.10. The van der Waals surface area contributed by atoms with Gasteiger partial charge in [0.05, 0.1) is 5.56 Å². The van der Waals surface area contributed by atoms with Crippen LogP contribution in [0.4, 0.5) is 0 Å². The fraction of sp³-hybridized carbons (Fsp3) is 0.0909. The number of rotatable bonds is 0. The minimum absolute atomic E-state index is 0.0915. The zero-order valence-electron chi connectivity index (χ0n) is 7.87. The molecule has 3 nitrogen and oxygen atoms in total. The lowest BCUT2D eigenvalue weighted by atomic mass is 9.90. The minimum Gasteiger partial charge on any atom is -0.507 e. The number of hydrogen-bond acceptors (Lipinski definition) is 3. The lowest BCUT2D eigenvalue weighted by molar-refractivity contribution is 0.0982. The molecule has 76 valence electrons. The topological polar surface area (TPSA) is 54.4 Å². The van der Waals surface area contributed by atoms with Gasteiger partial charge in [-0.05, 0) is 25.1 Å². The molecule has 0 bridgehead atoms. The van der Waals surface area contributed by atoms with Crippen LogP contribution in [0.1, 0.15) is 27.6 Å². The molecule has 1 N–H and O–H groups in total. The molecule has 2 rings (SSSR count). The van der Waals surface area contributed by atoms with Gasteiger partial charge in [-0.3, -0.25) is 9.59 Å². The number of allylic oxidation sites excluding steroid dienone is 2. The van der Waals surface area contributed by atoms with Gasteiger partial charge >= 0.3 is 0 Å². The third-order valence-corrected chi connectivity index (χ3v) is 2.74. The highest BCUT2D eigenvalue weighted by Crippen LogP contribution is 2.31. The Morgan fingerprint density at radius 2 is 1.93 bits per heavy atom. The van der Waals surface area contributed by atoms with E-state index in [0.29, 0.717) is 10.0 Å². The number of ketones is 2. The molecule has 0 radical (unpaired) electrons. The second-order valence-corrected chi connectivity index (χ2v) is 4.28. The van der Waals surface area contributed by atoms with E-state index in [1.807, 2.05) is 0 Å². The minimum atomic E-state index is -0.327. The summed E-state index contributed by atoms with van der Waals surface area (Å²) in [5.74, 6) is -0.713. The van der Waals surface area contributed by atoms with Gasteiger partial charge in [-0.15, -0.1) is 0 Å². The molecule has 0 saturated heterocycles. The van der Waals surface area contributed by atoms with Gasteiger partial charge in [0, 0.05) is 15.6 Å². The van der Waals surface area contributed by atoms with Crippen LogP contribution in [0.3, 0.4) is 0 Å². The summed E-state index contributed by atoms with van der Waals surface area (Å²) < 4.78 is 0.578. The van der Waals surface area contributed by atoms with Gasteiger partial charge in [0.1, 0.15) is 5.75 Å². The molecule has 0 fully saturated rings. The second kappa shape index (κ2) is 3.31. The Kier molecular flexibility index (Phi) is 2.23. The molecule has 4 heteroatoms. The summed E-state index contributed by atoms with van der Waals surface area (Å²) in [5.41, 5.74) is 0.741. The van der Waals surface area contributed by atoms with Gasteiger partial charge in [0.15, 0.2) is 11.6 Å². The fourth-order valence-electron chi connectivity index (χ4n) is 1.58. The average molecular weight is 267 g/mol. The maximum absolute atomic E-state index is 11.7. The van der Waals surface area contributed by atoms with Crippen molar-refractivity contribution in [3.8, 4) is 5.75 Å². The van der Waals surface area contributed by atoms with Gasteiger partial charge in [-0.25, -0.2) is 0 Å². The fourth-order valence-corrected chi connectivity index (χ4v) is 2.02. The first kappa shape index (κ1) is 10.1. The normalized spacial score (nSPS) is 14.9. The zero-order valence-corrected chi connectivity index (χ0v) is 9.46. The van der Waals surface area contributed by atoms with Crippen LogP contribution in [0.5, 0.6) is 5.75 Å². The predicted octanol–water partition coefficient (Wildman–Crippen LogP) is 2.48. The molecule has 1 aliphatic rings. The molecule has 0 aromatic heterocycles. The van der Waals surface area contributed by atoms with Crippen molar-refractivity contribution in [1.29, 1.82) is 0 Å². The SMILES string of the molecule is CC1=CC(=O)c2c(O)cc(Br)cc2C1=O. The Balaban J connectivity index is 2.78. The summed E-state index contributed by atoms with van der Waals surface area (Å²) in [7, 11) is 0. The summed E-state index contributed by atoms with van der Waals surface area (Å²) in [6.45, 7) is 1.58. The summed E-state index contributed by atoms with van der Waals surface area (Å²) >= 11 is 3.17. The van der Waals surface area contributed by atoms with E-state index in [4.69, 9.17) is 0 Å². The molecule has 0 spiro atoms. The number of halogens is 1. The molecule has 1 aromatic rings. The van der Waals surface area contributed by atoms with Crippen LogP contribution in [0.2, 0.25) is 0 Å². The number of fused-ring (bicyclic) bond motifs is 1. The second-order valence-electron chi connectivity index (χ2n) is 3.37. The van der Waals surface area contributed by atoms with Crippen LogP contribution in [0.25, 0.3) is 0 Å². The molecule has 0 aliphatic heterocycles. The number of phenols is 1. The van der Waals surface area contributed by atoms with Crippen molar-refractivity contribution in [3.05, 3.63) is 39.4 Å². The summed E-state index contributed by atoms with van der Waals surface area (Å²) in [5, 5.41) is 9.58. The van der Waals surface area contributed by atoms with E-state index in [9.17, 15) is 14.7 Å². The first-order valence-electron chi connectivity index (χ1n) is 4.30. The van der Waals surface area contributed by atoms with Crippen molar-refractivity contribution in [2.45, 2.75) is 6.92 Å². The van der Waals surface area contributed by atoms with Crippen LogP contribution >= 0.6 is 15.9 Å². The maximum Gasteiger partial charge on any atom is 0.190 e. The number of phenolic OH excluding ortho intramolecular Hbond substituents is 1. The maximum atomic E-state index is 11.7. The molecule has 15 heavy (non-hydrogen) atoms. The molecule has 0 unspecified atom stereocenters. The van der Waals surface area contributed by atoms with Gasteiger partial charge in [0.25, 0.3) is 0 Å². The largest absolute Gasteiger partial charge is 0.507 e. The van der Waals surface area contributed by atoms with E-state index in [2.05, 4.69) is 15.9 Å². The molecule has 0 amide bonds. The van der Waals surface area contributed by atoms with Crippen LogP contribution < -0.4 is 0 Å². The lowest BCUT2D eigenvalue weighted by Crippen LogP contribution is -2.15. The third-order valence-electron chi connectivity index (χ3n) is 2.28. The molecule has 0 heterocycles. The Morgan fingerprint density at radius 1 is 1.27 bits per heavy atom. The standard InChI is InChI=1S/C11H7BrO3/c1-5-2-8(13)10-7(11(5)15)3-6(12)4-9(10)14/h2-4,14H,1H3. The Morgan fingerprint density at radius 3 is 2.60 bits per heavy atom. The lowest BCUT2D eigenvalue weighted by Gasteiger charge is -2.14. The number of Topliss-reactive ketones (excluding diaryl/α,β-unsaturated/α-hetero) is 1. The van der Waals surface area contributed by atoms with Crippen LogP contribution in [-0.2, 0) is 0 Å². The summed E-state index contributed by atoms with van der Waals surface area (Å²) in [4.78, 5) is 23.3. The molecule has 0 saturated carbocycles. The van der Waals surface area contributed by atoms with Gasteiger partial charge in [0.2, 0.25) is 0 Å². The highest BCUT2D eigenvalue weighted by Gasteiger charge is 2.26. The molecular formula is C11H7BrO3. The van der Waals surface area contributed by atoms with Crippen molar-refractivity contribution in [2.75, 3.05) is 0 Å². The van der Waals surface area contributed by atoms with E-state index >= 15 is 0 Å². The van der Waals surface area contributed by atoms with Crippen molar-refractivity contribution in [2.24, 2.45) is 0 Å². The number of aromatic hydroxyl groups is 1. The molecule has 0 atom stereocenters. The number of benzene rings is 1. The smallest absolute Gasteiger partial charge is 0.190 e. The van der Waals surface area contributed by atoms with Crippen molar-refractivity contribution in [3.63, 3.8) is 0 Å². The van der Waals surface area contributed by atoms with E-state index < -0.39 is 0 Å². The molecular weight excluding hydrogens is 260 g/mol. The van der Waals surface area contributed by atoms with Gasteiger partial charge in [-0.1, -0.05) is 15.9 Å². The summed E-state index contributed by atoms with van der Waals surface area (Å²) in [6.07, 6.45) is 1.25. The Labute approximate surface area is 94.5 Å². The van der Waals surface area contributed by atoms with E-state index in [-0.39, 0.29) is 28.4 Å². The van der Waals surface area contributed by atoms with E-state index in [1.54, 1.807) is 13.0 Å². The zero-order chi connectivity index (χ0) is 11.2. The van der Waals surface area contributed by atoms with Crippen molar-refractivity contribution < 1.29 is 14.7 Å². The summed E-state index contributed by atoms with van der Waals surface area (Å²) in [6, 6.07) is 2.95. The van der Waals surface area contributed by atoms with Crippen LogP contribution in [0.15, 0.2) is 28.3 Å². The van der Waals surface area contributed by atoms with Crippen molar-refractivity contribution in [1.82, 2.24) is 0 Å². The van der Waals surface area contributed by atoms with E-state index in [1.165, 1.54) is 12.1 Å². The molecule has 1 aromatic carbocycles. The van der Waals surface area contributed by atoms with Gasteiger partial charge < -0.3 is 5.11 Å². The molecule has 1 aliphatic carbocycles. The number of carbonyl (C=O) groups is 2. The first-order chi connectivity index (χ1) is 7.00. The average Bonchev–Trinajstić information content (AvgIpc) is 2.12. The van der Waals surface area contributed by atoms with Crippen LogP contribution in [0, 0.1) is 0 Å². The van der Waals surface area contributed by atoms with Crippen molar-refractivity contribution >= 4 is 27.5 Å². The Bertz CT molecular complexity index is 515. The van der Waals surface area contributed by atoms with Crippen LogP contribution in [-0.4, -0.2) is 16.7 Å². The Hall–Kier alpha value is -1.42. The monoisotopic (exact) mass is 266 g/mol. The number of carbonyl (C=O) groups excluding carboxylic acids is 2.